The van der Waals surface area contributed by atoms with Crippen molar-refractivity contribution in [3.8, 4) is 5.69 Å². The molecule has 0 bridgehead atoms. The largest absolute Gasteiger partial charge is 0.369 e. The van der Waals surface area contributed by atoms with Crippen LogP contribution in [0.25, 0.3) is 5.69 Å². The van der Waals surface area contributed by atoms with Crippen LogP contribution in [-0.2, 0) is 10.0 Å². The van der Waals surface area contributed by atoms with E-state index in [-0.39, 0.29) is 16.8 Å². The minimum atomic E-state index is -3.24. The van der Waals surface area contributed by atoms with Crippen LogP contribution in [0.3, 0.4) is 0 Å². The number of hydrogen-bond donors (Lipinski definition) is 1. The minimum absolute atomic E-state index is 0.0849. The SMILES string of the molecule is CCCS(=O)(=O)NC1CCN(c2cnn(-c3ccc(C)c(Cl)c3)c(=O)c2Cl)CC1. The first kappa shape index (κ1) is 22.1. The summed E-state index contributed by atoms with van der Waals surface area (Å²) in [5, 5.41) is 4.90. The van der Waals surface area contributed by atoms with Gasteiger partial charge in [-0.3, -0.25) is 4.79 Å². The van der Waals surface area contributed by atoms with Crippen LogP contribution >= 0.6 is 23.2 Å². The second kappa shape index (κ2) is 9.04. The van der Waals surface area contributed by atoms with Gasteiger partial charge in [-0.05, 0) is 43.9 Å². The lowest BCUT2D eigenvalue weighted by Gasteiger charge is -2.33. The molecule has 1 N–H and O–H groups in total. The topological polar surface area (TPSA) is 84.3 Å². The van der Waals surface area contributed by atoms with Crippen molar-refractivity contribution in [1.82, 2.24) is 14.5 Å². The molecule has 0 atom stereocenters. The quantitative estimate of drug-likeness (QED) is 0.718. The van der Waals surface area contributed by atoms with Gasteiger partial charge in [0.1, 0.15) is 5.02 Å². The molecule has 1 fully saturated rings. The van der Waals surface area contributed by atoms with Gasteiger partial charge in [0, 0.05) is 24.2 Å². The van der Waals surface area contributed by atoms with Crippen LogP contribution in [0, 0.1) is 6.92 Å². The number of hydrogen-bond acceptors (Lipinski definition) is 5. The number of piperidine rings is 1. The molecule has 2 aromatic rings. The molecular weight excluding hydrogens is 435 g/mol. The Kier molecular flexibility index (Phi) is 6.88. The minimum Gasteiger partial charge on any atom is -0.369 e. The molecule has 10 heteroatoms. The zero-order chi connectivity index (χ0) is 21.2. The molecule has 158 valence electrons. The Labute approximate surface area is 180 Å². The maximum Gasteiger partial charge on any atom is 0.292 e. The molecular formula is C19H24Cl2N4O3S. The summed E-state index contributed by atoms with van der Waals surface area (Å²) in [6.45, 7) is 4.88. The Morgan fingerprint density at radius 3 is 2.55 bits per heavy atom. The van der Waals surface area contributed by atoms with E-state index in [0.29, 0.717) is 48.7 Å². The Hall–Kier alpha value is -1.61. The molecule has 0 spiro atoms. The first-order valence-electron chi connectivity index (χ1n) is 9.51. The van der Waals surface area contributed by atoms with E-state index < -0.39 is 15.6 Å². The molecule has 0 aliphatic carbocycles. The van der Waals surface area contributed by atoms with Crippen LogP contribution in [0.5, 0.6) is 0 Å². The van der Waals surface area contributed by atoms with E-state index in [0.717, 1.165) is 5.56 Å². The molecule has 1 saturated heterocycles. The van der Waals surface area contributed by atoms with Gasteiger partial charge >= 0.3 is 0 Å². The first-order chi connectivity index (χ1) is 13.7. The van der Waals surface area contributed by atoms with Gasteiger partial charge < -0.3 is 4.90 Å². The van der Waals surface area contributed by atoms with Gasteiger partial charge in [0.05, 0.1) is 23.3 Å². The highest BCUT2D eigenvalue weighted by atomic mass is 35.5. The monoisotopic (exact) mass is 458 g/mol. The Morgan fingerprint density at radius 1 is 1.24 bits per heavy atom. The molecule has 3 rings (SSSR count). The smallest absolute Gasteiger partial charge is 0.292 e. The van der Waals surface area contributed by atoms with Crippen molar-refractivity contribution in [2.75, 3.05) is 23.7 Å². The zero-order valence-electron chi connectivity index (χ0n) is 16.4. The third kappa shape index (κ3) is 5.12. The molecule has 29 heavy (non-hydrogen) atoms. The van der Waals surface area contributed by atoms with Crippen LogP contribution < -0.4 is 15.2 Å². The molecule has 0 unspecified atom stereocenters. The predicted octanol–water partition coefficient (Wildman–Crippen LogP) is 3.15. The molecule has 7 nitrogen and oxygen atoms in total. The molecule has 0 amide bonds. The first-order valence-corrected chi connectivity index (χ1v) is 11.9. The van der Waals surface area contributed by atoms with Gasteiger partial charge in [0.25, 0.3) is 5.56 Å². The predicted molar refractivity (Wildman–Crippen MR) is 117 cm³/mol. The number of nitrogens with one attached hydrogen (secondary N) is 1. The summed E-state index contributed by atoms with van der Waals surface area (Å²) >= 11 is 12.5. The molecule has 1 aliphatic rings. The molecule has 1 aromatic heterocycles. The summed E-state index contributed by atoms with van der Waals surface area (Å²) in [7, 11) is -3.24. The lowest BCUT2D eigenvalue weighted by Crippen LogP contribution is -2.45. The van der Waals surface area contributed by atoms with Gasteiger partial charge in [-0.15, -0.1) is 0 Å². The Balaban J connectivity index is 1.75. The van der Waals surface area contributed by atoms with E-state index in [1.807, 2.05) is 24.8 Å². The second-order valence-corrected chi connectivity index (χ2v) is 9.85. The molecule has 1 aromatic carbocycles. The van der Waals surface area contributed by atoms with Crippen molar-refractivity contribution < 1.29 is 8.42 Å². The van der Waals surface area contributed by atoms with Crippen LogP contribution in [0.1, 0.15) is 31.7 Å². The van der Waals surface area contributed by atoms with E-state index in [2.05, 4.69) is 9.82 Å². The summed E-state index contributed by atoms with van der Waals surface area (Å²) < 4.78 is 27.9. The highest BCUT2D eigenvalue weighted by molar-refractivity contribution is 7.89. The van der Waals surface area contributed by atoms with Crippen LogP contribution in [-0.4, -0.2) is 43.1 Å². The van der Waals surface area contributed by atoms with Gasteiger partial charge in [0.2, 0.25) is 10.0 Å². The number of halogens is 2. The summed E-state index contributed by atoms with van der Waals surface area (Å²) in [6.07, 6.45) is 3.42. The van der Waals surface area contributed by atoms with Crippen molar-refractivity contribution in [1.29, 1.82) is 0 Å². The van der Waals surface area contributed by atoms with E-state index >= 15 is 0 Å². The van der Waals surface area contributed by atoms with Crippen molar-refractivity contribution in [3.05, 3.63) is 50.4 Å². The molecule has 0 saturated carbocycles. The standard InChI is InChI=1S/C19H24Cl2N4O3S/c1-3-10-29(27,28)23-14-6-8-24(9-7-14)17-12-22-25(19(26)18(17)21)15-5-4-13(2)16(20)11-15/h4-5,11-12,14,23H,3,6-10H2,1-2H3. The van der Waals surface area contributed by atoms with Crippen LogP contribution in [0.4, 0.5) is 5.69 Å². The van der Waals surface area contributed by atoms with Crippen molar-refractivity contribution in [2.24, 2.45) is 0 Å². The van der Waals surface area contributed by atoms with Crippen molar-refractivity contribution in [3.63, 3.8) is 0 Å². The Bertz CT molecular complexity index is 1050. The average molecular weight is 459 g/mol. The fourth-order valence-electron chi connectivity index (χ4n) is 3.36. The van der Waals surface area contributed by atoms with Gasteiger partial charge in [-0.2, -0.15) is 9.78 Å². The lowest BCUT2D eigenvalue weighted by atomic mass is 10.1. The summed E-state index contributed by atoms with van der Waals surface area (Å²) in [5.74, 6) is 0.129. The zero-order valence-corrected chi connectivity index (χ0v) is 18.7. The van der Waals surface area contributed by atoms with Gasteiger partial charge in [-0.1, -0.05) is 36.2 Å². The number of aromatic nitrogens is 2. The maximum atomic E-state index is 12.8. The highest BCUT2D eigenvalue weighted by Crippen LogP contribution is 2.26. The van der Waals surface area contributed by atoms with E-state index in [9.17, 15) is 13.2 Å². The number of sulfonamides is 1. The van der Waals surface area contributed by atoms with Crippen molar-refractivity contribution >= 4 is 38.9 Å². The number of aryl methyl sites for hydroxylation is 1. The normalized spacial score (nSPS) is 15.7. The number of nitrogens with zero attached hydrogens (tertiary/aromatic N) is 3. The highest BCUT2D eigenvalue weighted by Gasteiger charge is 2.25. The fraction of sp³-hybridized carbons (Fsp3) is 0.474. The van der Waals surface area contributed by atoms with Crippen LogP contribution in [0.2, 0.25) is 10.0 Å². The number of anilines is 1. The third-order valence-corrected chi connectivity index (χ3v) is 7.36. The molecule has 2 heterocycles. The lowest BCUT2D eigenvalue weighted by molar-refractivity contribution is 0.459. The van der Waals surface area contributed by atoms with Crippen LogP contribution in [0.15, 0.2) is 29.2 Å². The summed E-state index contributed by atoms with van der Waals surface area (Å²) in [5.41, 5.74) is 1.59. The molecule has 1 aliphatic heterocycles. The Morgan fingerprint density at radius 2 is 1.93 bits per heavy atom. The molecule has 0 radical (unpaired) electrons. The van der Waals surface area contributed by atoms with E-state index in [1.54, 1.807) is 18.3 Å². The van der Waals surface area contributed by atoms with E-state index in [4.69, 9.17) is 23.2 Å². The number of benzene rings is 1. The average Bonchev–Trinajstić information content (AvgIpc) is 2.67. The van der Waals surface area contributed by atoms with Gasteiger partial charge in [-0.25, -0.2) is 13.1 Å². The number of rotatable bonds is 6. The third-order valence-electron chi connectivity index (χ3n) is 4.96. The maximum absolute atomic E-state index is 12.8. The van der Waals surface area contributed by atoms with E-state index in [1.165, 1.54) is 4.68 Å². The van der Waals surface area contributed by atoms with Crippen molar-refractivity contribution in [2.45, 2.75) is 39.2 Å². The second-order valence-electron chi connectivity index (χ2n) is 7.19. The fourth-order valence-corrected chi connectivity index (χ4v) is 5.18. The summed E-state index contributed by atoms with van der Waals surface area (Å²) in [4.78, 5) is 14.7. The van der Waals surface area contributed by atoms with Gasteiger partial charge in [0.15, 0.2) is 0 Å². The summed E-state index contributed by atoms with van der Waals surface area (Å²) in [6, 6.07) is 5.15.